The lowest BCUT2D eigenvalue weighted by atomic mass is 10.0. The minimum absolute atomic E-state index is 0.343. The minimum atomic E-state index is -3.82. The molecular formula is C8H15N3O5S. The summed E-state index contributed by atoms with van der Waals surface area (Å²) in [6.45, 7) is 3.04. The van der Waals surface area contributed by atoms with Gasteiger partial charge in [0, 0.05) is 11.6 Å². The Morgan fingerprint density at radius 3 is 2.00 bits per heavy atom. The Morgan fingerprint density at radius 2 is 1.82 bits per heavy atom. The van der Waals surface area contributed by atoms with Crippen LogP contribution in [-0.2, 0) is 15.6 Å². The number of sulfonamides is 1. The van der Waals surface area contributed by atoms with Crippen LogP contribution >= 0.6 is 0 Å². The number of primary sulfonamides is 1. The highest BCUT2D eigenvalue weighted by molar-refractivity contribution is 7.89. The van der Waals surface area contributed by atoms with Crippen LogP contribution in [0.1, 0.15) is 19.4 Å². The number of hydrogen-bond acceptors (Lipinski definition) is 5. The number of rotatable bonds is 2. The molecule has 0 aliphatic heterocycles. The van der Waals surface area contributed by atoms with Crippen LogP contribution < -0.4 is 16.6 Å². The zero-order valence-electron chi connectivity index (χ0n) is 9.38. The van der Waals surface area contributed by atoms with Gasteiger partial charge in [0.15, 0.2) is 0 Å². The zero-order chi connectivity index (χ0) is 13.9. The van der Waals surface area contributed by atoms with E-state index in [1.807, 2.05) is 0 Å². The molecule has 1 aromatic heterocycles. The molecule has 0 bridgehead atoms. The van der Waals surface area contributed by atoms with Gasteiger partial charge in [-0.3, -0.25) is 0 Å². The summed E-state index contributed by atoms with van der Waals surface area (Å²) in [4.78, 5) is 9.00. The summed E-state index contributed by atoms with van der Waals surface area (Å²) in [6.07, 6.45) is 1.17. The predicted octanol–water partition coefficient (Wildman–Crippen LogP) is -0.822. The van der Waals surface area contributed by atoms with Gasteiger partial charge in [0.25, 0.3) is 10.0 Å². The fourth-order valence-electron chi connectivity index (χ4n) is 0.787. The Bertz CT molecular complexity index is 482. The third kappa shape index (κ3) is 5.90. The number of furan rings is 1. The smallest absolute Gasteiger partial charge is 0.309 e. The molecule has 7 N–H and O–H groups in total. The molecule has 0 aliphatic carbocycles. The molecule has 0 saturated carbocycles. The molecule has 1 aromatic rings. The molecule has 0 unspecified atom stereocenters. The second-order valence-electron chi connectivity index (χ2n) is 3.66. The largest absolute Gasteiger partial charge is 0.451 e. The van der Waals surface area contributed by atoms with Gasteiger partial charge in [0.2, 0.25) is 5.09 Å². The van der Waals surface area contributed by atoms with Crippen molar-refractivity contribution < 1.29 is 22.7 Å². The summed E-state index contributed by atoms with van der Waals surface area (Å²) in [7, 11) is -3.82. The first-order chi connectivity index (χ1) is 7.44. The van der Waals surface area contributed by atoms with E-state index in [1.165, 1.54) is 26.2 Å². The maximum Gasteiger partial charge on any atom is 0.309 e. The van der Waals surface area contributed by atoms with Crippen LogP contribution in [0.15, 0.2) is 21.8 Å². The molecule has 1 rings (SSSR count). The Balaban J connectivity index is 0.000000557. The number of urea groups is 1. The van der Waals surface area contributed by atoms with Crippen molar-refractivity contribution in [3.63, 3.8) is 0 Å². The van der Waals surface area contributed by atoms with Gasteiger partial charge >= 0.3 is 6.03 Å². The molecule has 0 fully saturated rings. The van der Waals surface area contributed by atoms with Gasteiger partial charge in [-0.15, -0.1) is 0 Å². The van der Waals surface area contributed by atoms with Crippen molar-refractivity contribution in [3.8, 4) is 0 Å². The standard InChI is InChI=1S/C7H11NO4S.CH4N2O/c1-7(2,9)5-3-6(12-4-5)13(8,10)11;2-1(3)4/h3-4,9H,1-2H3,(H2,8,10,11);(H4,2,3,4). The first-order valence-electron chi connectivity index (χ1n) is 4.33. The molecular weight excluding hydrogens is 250 g/mol. The molecule has 8 nitrogen and oxygen atoms in total. The van der Waals surface area contributed by atoms with E-state index < -0.39 is 21.7 Å². The van der Waals surface area contributed by atoms with Crippen LogP contribution in [0.2, 0.25) is 0 Å². The maximum absolute atomic E-state index is 10.8. The van der Waals surface area contributed by atoms with Gasteiger partial charge in [-0.05, 0) is 13.8 Å². The van der Waals surface area contributed by atoms with E-state index in [0.717, 1.165) is 0 Å². The Morgan fingerprint density at radius 1 is 1.41 bits per heavy atom. The molecule has 2 amide bonds. The van der Waals surface area contributed by atoms with E-state index in [1.54, 1.807) is 0 Å². The van der Waals surface area contributed by atoms with Crippen molar-refractivity contribution >= 4 is 16.1 Å². The van der Waals surface area contributed by atoms with Gasteiger partial charge in [-0.1, -0.05) is 0 Å². The summed E-state index contributed by atoms with van der Waals surface area (Å²) >= 11 is 0. The van der Waals surface area contributed by atoms with Crippen molar-refractivity contribution in [2.75, 3.05) is 0 Å². The highest BCUT2D eigenvalue weighted by atomic mass is 32.2. The zero-order valence-corrected chi connectivity index (χ0v) is 10.2. The minimum Gasteiger partial charge on any atom is -0.451 e. The second-order valence-corrected chi connectivity index (χ2v) is 5.15. The van der Waals surface area contributed by atoms with E-state index in [9.17, 15) is 13.5 Å². The molecule has 0 aliphatic rings. The molecule has 98 valence electrons. The average molecular weight is 265 g/mol. The van der Waals surface area contributed by atoms with Crippen molar-refractivity contribution in [3.05, 3.63) is 17.9 Å². The summed E-state index contributed by atoms with van der Waals surface area (Å²) in [5.74, 6) is 0. The number of carbonyl (C=O) groups excluding carboxylic acids is 1. The van der Waals surface area contributed by atoms with Crippen LogP contribution in [0.25, 0.3) is 0 Å². The SMILES string of the molecule is CC(C)(O)c1coc(S(N)(=O)=O)c1.NC(N)=O. The lowest BCUT2D eigenvalue weighted by Crippen LogP contribution is -2.18. The summed E-state index contributed by atoms with van der Waals surface area (Å²) in [6, 6.07) is 0.370. The van der Waals surface area contributed by atoms with E-state index in [2.05, 4.69) is 15.9 Å². The first kappa shape index (κ1) is 15.4. The quantitative estimate of drug-likeness (QED) is 0.548. The molecule has 0 spiro atoms. The number of amides is 2. The van der Waals surface area contributed by atoms with Crippen LogP contribution in [0.4, 0.5) is 4.79 Å². The molecule has 0 radical (unpaired) electrons. The Labute approximate surface area is 98.4 Å². The molecule has 0 aromatic carbocycles. The molecule has 1 heterocycles. The lowest BCUT2D eigenvalue weighted by Gasteiger charge is -2.13. The summed E-state index contributed by atoms with van der Waals surface area (Å²) in [5.41, 5.74) is 7.74. The van der Waals surface area contributed by atoms with Crippen molar-refractivity contribution in [1.29, 1.82) is 0 Å². The van der Waals surface area contributed by atoms with Crippen molar-refractivity contribution in [2.45, 2.75) is 24.5 Å². The van der Waals surface area contributed by atoms with Gasteiger partial charge in [0.1, 0.15) is 0 Å². The Hall–Kier alpha value is -1.58. The lowest BCUT2D eigenvalue weighted by molar-refractivity contribution is 0.0779. The van der Waals surface area contributed by atoms with E-state index >= 15 is 0 Å². The number of nitrogens with two attached hydrogens (primary N) is 3. The van der Waals surface area contributed by atoms with Crippen LogP contribution in [-0.4, -0.2) is 19.6 Å². The number of aliphatic hydroxyl groups is 1. The second kappa shape index (κ2) is 5.17. The van der Waals surface area contributed by atoms with Gasteiger partial charge in [-0.25, -0.2) is 18.4 Å². The van der Waals surface area contributed by atoms with E-state index in [4.69, 9.17) is 9.93 Å². The number of primary amides is 2. The molecule has 0 saturated heterocycles. The maximum atomic E-state index is 10.8. The third-order valence-electron chi connectivity index (χ3n) is 1.56. The van der Waals surface area contributed by atoms with E-state index in [0.29, 0.717) is 5.56 Å². The fraction of sp³-hybridized carbons (Fsp3) is 0.375. The van der Waals surface area contributed by atoms with Crippen LogP contribution in [0.3, 0.4) is 0 Å². The third-order valence-corrected chi connectivity index (χ3v) is 2.34. The van der Waals surface area contributed by atoms with Crippen molar-refractivity contribution in [1.82, 2.24) is 0 Å². The Kier molecular flexibility index (Phi) is 4.69. The monoisotopic (exact) mass is 265 g/mol. The van der Waals surface area contributed by atoms with Crippen LogP contribution in [0, 0.1) is 0 Å². The molecule has 17 heavy (non-hydrogen) atoms. The molecule has 0 atom stereocenters. The van der Waals surface area contributed by atoms with Gasteiger partial charge < -0.3 is 21.0 Å². The summed E-state index contributed by atoms with van der Waals surface area (Å²) in [5, 5.41) is 13.9. The molecule has 9 heteroatoms. The topological polar surface area (TPSA) is 163 Å². The average Bonchev–Trinajstić information content (AvgIpc) is 2.46. The van der Waals surface area contributed by atoms with E-state index in [-0.39, 0.29) is 5.09 Å². The van der Waals surface area contributed by atoms with Crippen molar-refractivity contribution in [2.24, 2.45) is 16.6 Å². The van der Waals surface area contributed by atoms with Crippen LogP contribution in [0.5, 0.6) is 0 Å². The van der Waals surface area contributed by atoms with Gasteiger partial charge in [0.05, 0.1) is 11.9 Å². The number of hydrogen-bond donors (Lipinski definition) is 4. The summed E-state index contributed by atoms with van der Waals surface area (Å²) < 4.78 is 26.2. The normalized spacial score (nSPS) is 11.5. The number of carbonyl (C=O) groups is 1. The highest BCUT2D eigenvalue weighted by Gasteiger charge is 2.22. The van der Waals surface area contributed by atoms with Gasteiger partial charge in [-0.2, -0.15) is 0 Å². The highest BCUT2D eigenvalue weighted by Crippen LogP contribution is 2.23. The first-order valence-corrected chi connectivity index (χ1v) is 5.88. The predicted molar refractivity (Wildman–Crippen MR) is 59.1 cm³/mol. The fourth-order valence-corrected chi connectivity index (χ4v) is 1.26.